The van der Waals surface area contributed by atoms with Gasteiger partial charge in [0.25, 0.3) is 0 Å². The van der Waals surface area contributed by atoms with E-state index in [1.165, 1.54) is 17.2 Å². The third-order valence-corrected chi connectivity index (χ3v) is 2.38. The molecule has 0 heterocycles. The lowest BCUT2D eigenvalue weighted by molar-refractivity contribution is -0.131. The Kier molecular flexibility index (Phi) is 4.73. The fourth-order valence-corrected chi connectivity index (χ4v) is 1.48. The van der Waals surface area contributed by atoms with Crippen molar-refractivity contribution in [3.63, 3.8) is 0 Å². The van der Waals surface area contributed by atoms with E-state index in [2.05, 4.69) is 24.0 Å². The maximum atomic E-state index is 10.3. The zero-order valence-electron chi connectivity index (χ0n) is 9.68. The summed E-state index contributed by atoms with van der Waals surface area (Å²) >= 11 is 0. The molecule has 0 bridgehead atoms. The van der Waals surface area contributed by atoms with Crippen LogP contribution >= 0.6 is 0 Å². The molecule has 1 N–H and O–H groups in total. The van der Waals surface area contributed by atoms with Gasteiger partial charge in [-0.25, -0.2) is 4.79 Å². The Morgan fingerprint density at radius 3 is 2.75 bits per heavy atom. The molecule has 0 aliphatic heterocycles. The van der Waals surface area contributed by atoms with Crippen molar-refractivity contribution in [3.05, 3.63) is 47.5 Å². The van der Waals surface area contributed by atoms with Gasteiger partial charge in [-0.05, 0) is 25.1 Å². The van der Waals surface area contributed by atoms with Crippen LogP contribution in [0.5, 0.6) is 0 Å². The number of aryl methyl sites for hydroxylation is 1. The van der Waals surface area contributed by atoms with Crippen molar-refractivity contribution in [3.8, 4) is 0 Å². The van der Waals surface area contributed by atoms with Gasteiger partial charge < -0.3 is 5.11 Å². The van der Waals surface area contributed by atoms with Gasteiger partial charge >= 0.3 is 5.97 Å². The van der Waals surface area contributed by atoms with E-state index >= 15 is 0 Å². The number of likely N-dealkylation sites (N-methyl/N-ethyl adjacent to an activating group) is 1. The number of carbonyl (C=O) groups is 1. The fourth-order valence-electron chi connectivity index (χ4n) is 1.48. The van der Waals surface area contributed by atoms with Crippen LogP contribution in [-0.4, -0.2) is 29.6 Å². The molecule has 0 saturated carbocycles. The molecule has 0 aliphatic carbocycles. The van der Waals surface area contributed by atoms with Crippen LogP contribution in [0.15, 0.2) is 36.4 Å². The van der Waals surface area contributed by atoms with E-state index in [9.17, 15) is 4.79 Å². The fraction of sp³-hybridized carbons (Fsp3) is 0.308. The van der Waals surface area contributed by atoms with Gasteiger partial charge in [0, 0.05) is 19.2 Å². The number of aliphatic carboxylic acids is 1. The molecule has 0 radical (unpaired) electrons. The highest BCUT2D eigenvalue weighted by Crippen LogP contribution is 2.09. The summed E-state index contributed by atoms with van der Waals surface area (Å²) in [4.78, 5) is 12.4. The van der Waals surface area contributed by atoms with Crippen LogP contribution in [0.2, 0.25) is 0 Å². The maximum absolute atomic E-state index is 10.3. The van der Waals surface area contributed by atoms with Crippen molar-refractivity contribution in [2.24, 2.45) is 0 Å². The predicted octanol–water partition coefficient (Wildman–Crippen LogP) is 2.07. The topological polar surface area (TPSA) is 40.5 Å². The standard InChI is InChI=1S/C13H17NO2/c1-11-6-3-4-7-12(11)10-14(2)9-5-8-13(15)16/h3-8H,9-10H2,1-2H3,(H,15,16)/b8-5+. The molecular weight excluding hydrogens is 202 g/mol. The van der Waals surface area contributed by atoms with Crippen LogP contribution < -0.4 is 0 Å². The van der Waals surface area contributed by atoms with E-state index in [0.29, 0.717) is 6.54 Å². The van der Waals surface area contributed by atoms with Gasteiger partial charge in [-0.3, -0.25) is 4.90 Å². The smallest absolute Gasteiger partial charge is 0.328 e. The van der Waals surface area contributed by atoms with Crippen molar-refractivity contribution >= 4 is 5.97 Å². The highest BCUT2D eigenvalue weighted by atomic mass is 16.4. The lowest BCUT2D eigenvalue weighted by Crippen LogP contribution is -2.18. The van der Waals surface area contributed by atoms with E-state index in [4.69, 9.17) is 5.11 Å². The zero-order valence-corrected chi connectivity index (χ0v) is 9.68. The van der Waals surface area contributed by atoms with Crippen LogP contribution in [-0.2, 0) is 11.3 Å². The molecule has 3 nitrogen and oxygen atoms in total. The summed E-state index contributed by atoms with van der Waals surface area (Å²) in [6.45, 7) is 3.55. The molecule has 0 amide bonds. The van der Waals surface area contributed by atoms with Crippen molar-refractivity contribution in [1.29, 1.82) is 0 Å². The zero-order chi connectivity index (χ0) is 12.0. The van der Waals surface area contributed by atoms with Crippen molar-refractivity contribution in [2.75, 3.05) is 13.6 Å². The van der Waals surface area contributed by atoms with Crippen molar-refractivity contribution in [1.82, 2.24) is 4.90 Å². The number of nitrogens with zero attached hydrogens (tertiary/aromatic N) is 1. The van der Waals surface area contributed by atoms with Crippen LogP contribution in [0.25, 0.3) is 0 Å². The van der Waals surface area contributed by atoms with Crippen LogP contribution in [0.3, 0.4) is 0 Å². The molecule has 16 heavy (non-hydrogen) atoms. The van der Waals surface area contributed by atoms with E-state index in [1.807, 2.05) is 19.2 Å². The third kappa shape index (κ3) is 4.28. The van der Waals surface area contributed by atoms with Crippen LogP contribution in [0.1, 0.15) is 11.1 Å². The Morgan fingerprint density at radius 1 is 1.44 bits per heavy atom. The number of hydrogen-bond acceptors (Lipinski definition) is 2. The highest BCUT2D eigenvalue weighted by Gasteiger charge is 2.00. The average Bonchev–Trinajstić information content (AvgIpc) is 2.21. The lowest BCUT2D eigenvalue weighted by Gasteiger charge is -2.15. The number of benzene rings is 1. The summed E-state index contributed by atoms with van der Waals surface area (Å²) in [5.41, 5.74) is 2.53. The van der Waals surface area contributed by atoms with Crippen LogP contribution in [0, 0.1) is 6.92 Å². The first-order chi connectivity index (χ1) is 7.59. The second-order valence-electron chi connectivity index (χ2n) is 3.86. The van der Waals surface area contributed by atoms with Crippen LogP contribution in [0.4, 0.5) is 0 Å². The van der Waals surface area contributed by atoms with Gasteiger partial charge in [0.1, 0.15) is 0 Å². The minimum absolute atomic E-state index is 0.640. The molecular formula is C13H17NO2. The molecule has 3 heteroatoms. The number of hydrogen-bond donors (Lipinski definition) is 1. The Balaban J connectivity index is 2.49. The van der Waals surface area contributed by atoms with Crippen molar-refractivity contribution < 1.29 is 9.90 Å². The Labute approximate surface area is 96.0 Å². The summed E-state index contributed by atoms with van der Waals surface area (Å²) in [6, 6.07) is 8.20. The van der Waals surface area contributed by atoms with Gasteiger partial charge in [-0.15, -0.1) is 0 Å². The molecule has 0 unspecified atom stereocenters. The molecule has 0 fully saturated rings. The summed E-state index contributed by atoms with van der Waals surface area (Å²) in [5, 5.41) is 8.45. The Hall–Kier alpha value is -1.61. The normalized spacial score (nSPS) is 11.2. The minimum Gasteiger partial charge on any atom is -0.478 e. The minimum atomic E-state index is -0.899. The molecule has 0 aliphatic rings. The van der Waals surface area contributed by atoms with Gasteiger partial charge in [0.15, 0.2) is 0 Å². The first-order valence-electron chi connectivity index (χ1n) is 5.22. The molecule has 0 spiro atoms. The second-order valence-corrected chi connectivity index (χ2v) is 3.86. The van der Waals surface area contributed by atoms with Gasteiger partial charge in [0.2, 0.25) is 0 Å². The monoisotopic (exact) mass is 219 g/mol. The molecule has 0 aromatic heterocycles. The van der Waals surface area contributed by atoms with E-state index in [-0.39, 0.29) is 0 Å². The number of carboxylic acids is 1. The van der Waals surface area contributed by atoms with Crippen molar-refractivity contribution in [2.45, 2.75) is 13.5 Å². The molecule has 1 rings (SSSR count). The average molecular weight is 219 g/mol. The first-order valence-corrected chi connectivity index (χ1v) is 5.22. The van der Waals surface area contributed by atoms with Gasteiger partial charge in [-0.2, -0.15) is 0 Å². The Bertz CT molecular complexity index is 385. The first kappa shape index (κ1) is 12.5. The number of rotatable bonds is 5. The van der Waals surface area contributed by atoms with Gasteiger partial charge in [0.05, 0.1) is 0 Å². The Morgan fingerprint density at radius 2 is 2.12 bits per heavy atom. The number of carboxylic acid groups (broad SMARTS) is 1. The molecule has 1 aromatic carbocycles. The van der Waals surface area contributed by atoms with E-state index in [0.717, 1.165) is 6.54 Å². The highest BCUT2D eigenvalue weighted by molar-refractivity contribution is 5.79. The summed E-state index contributed by atoms with van der Waals surface area (Å²) < 4.78 is 0. The van der Waals surface area contributed by atoms with Gasteiger partial charge in [-0.1, -0.05) is 30.3 Å². The summed E-state index contributed by atoms with van der Waals surface area (Å²) in [5.74, 6) is -0.899. The third-order valence-electron chi connectivity index (χ3n) is 2.38. The second kappa shape index (κ2) is 6.08. The molecule has 0 atom stereocenters. The quantitative estimate of drug-likeness (QED) is 0.771. The predicted molar refractivity (Wildman–Crippen MR) is 64.3 cm³/mol. The largest absolute Gasteiger partial charge is 0.478 e. The summed E-state index contributed by atoms with van der Waals surface area (Å²) in [7, 11) is 1.97. The molecule has 86 valence electrons. The SMILES string of the molecule is Cc1ccccc1CN(C)C/C=C/C(=O)O. The molecule has 1 aromatic rings. The maximum Gasteiger partial charge on any atom is 0.328 e. The van der Waals surface area contributed by atoms with E-state index in [1.54, 1.807) is 6.08 Å². The van der Waals surface area contributed by atoms with E-state index < -0.39 is 5.97 Å². The lowest BCUT2D eigenvalue weighted by atomic mass is 10.1. The summed E-state index contributed by atoms with van der Waals surface area (Å²) in [6.07, 6.45) is 2.83. The molecule has 0 saturated heterocycles.